The van der Waals surface area contributed by atoms with Crippen molar-refractivity contribution in [2.45, 2.75) is 51.6 Å². The number of carbonyl (C=O) groups excluding carboxylic acids is 2. The number of fused-ring (bicyclic) bond motifs is 1. The van der Waals surface area contributed by atoms with Gasteiger partial charge in [0, 0.05) is 31.0 Å². The van der Waals surface area contributed by atoms with Crippen molar-refractivity contribution < 1.29 is 9.59 Å². The zero-order valence-corrected chi connectivity index (χ0v) is 22.7. The number of nitrogens with zero attached hydrogens (tertiary/aromatic N) is 1. The number of hydrogen-bond donors (Lipinski definition) is 1. The second-order valence-corrected chi connectivity index (χ2v) is 10.0. The molecular formula is C33H35ClN2O2. The Bertz CT molecular complexity index is 1350. The predicted octanol–water partition coefficient (Wildman–Crippen LogP) is 6.98. The lowest BCUT2D eigenvalue weighted by atomic mass is 9.99. The van der Waals surface area contributed by atoms with Crippen molar-refractivity contribution in [2.75, 3.05) is 6.54 Å². The summed E-state index contributed by atoms with van der Waals surface area (Å²) in [5.41, 5.74) is 2.96. The molecule has 0 aliphatic heterocycles. The van der Waals surface area contributed by atoms with Crippen molar-refractivity contribution >= 4 is 34.2 Å². The maximum atomic E-state index is 13.9. The summed E-state index contributed by atoms with van der Waals surface area (Å²) in [6.07, 6.45) is 3.20. The molecule has 4 rings (SSSR count). The number of aryl methyl sites for hydroxylation is 1. The minimum Gasteiger partial charge on any atom is -0.354 e. The number of nitrogens with one attached hydrogen (secondary N) is 1. The molecule has 1 N–H and O–H groups in total. The molecule has 4 aromatic carbocycles. The Balaban J connectivity index is 1.63. The lowest BCUT2D eigenvalue weighted by Gasteiger charge is -2.32. The van der Waals surface area contributed by atoms with Crippen LogP contribution < -0.4 is 5.32 Å². The molecule has 0 spiro atoms. The molecule has 1 atom stereocenters. The maximum Gasteiger partial charge on any atom is 0.243 e. The largest absolute Gasteiger partial charge is 0.354 e. The summed E-state index contributed by atoms with van der Waals surface area (Å²) in [6.45, 7) is 2.95. The van der Waals surface area contributed by atoms with Gasteiger partial charge in [0.05, 0.1) is 0 Å². The van der Waals surface area contributed by atoms with Crippen LogP contribution in [-0.4, -0.2) is 29.3 Å². The lowest BCUT2D eigenvalue weighted by Crippen LogP contribution is -2.50. The van der Waals surface area contributed by atoms with Gasteiger partial charge in [0.15, 0.2) is 0 Å². The molecule has 0 fully saturated rings. The Hall–Kier alpha value is -3.63. The van der Waals surface area contributed by atoms with E-state index in [9.17, 15) is 9.59 Å². The molecule has 0 bridgehead atoms. The fourth-order valence-corrected chi connectivity index (χ4v) is 4.96. The van der Waals surface area contributed by atoms with Crippen LogP contribution in [0.25, 0.3) is 10.8 Å². The SMILES string of the molecule is CCCCNC(=O)C(Cc1ccccc1)N(Cc1ccccc1Cl)C(=O)CCc1cccc2ccccc12. The minimum absolute atomic E-state index is 0.0653. The van der Waals surface area contributed by atoms with E-state index in [0.717, 1.165) is 40.3 Å². The average molecular weight is 527 g/mol. The Labute approximate surface area is 230 Å². The number of rotatable bonds is 12. The Morgan fingerprint density at radius 2 is 1.53 bits per heavy atom. The van der Waals surface area contributed by atoms with Gasteiger partial charge in [-0.1, -0.05) is 116 Å². The topological polar surface area (TPSA) is 49.4 Å². The van der Waals surface area contributed by atoms with E-state index < -0.39 is 6.04 Å². The van der Waals surface area contributed by atoms with Crippen LogP contribution in [0.4, 0.5) is 0 Å². The number of amides is 2. The van der Waals surface area contributed by atoms with Gasteiger partial charge in [0.2, 0.25) is 11.8 Å². The summed E-state index contributed by atoms with van der Waals surface area (Å²) < 4.78 is 0. The molecule has 2 amide bonds. The fraction of sp³-hybridized carbons (Fsp3) is 0.273. The van der Waals surface area contributed by atoms with Gasteiger partial charge in [0.25, 0.3) is 0 Å². The zero-order chi connectivity index (χ0) is 26.7. The molecule has 0 saturated carbocycles. The van der Waals surface area contributed by atoms with Crippen molar-refractivity contribution in [3.63, 3.8) is 0 Å². The fourth-order valence-electron chi connectivity index (χ4n) is 4.77. The number of halogens is 1. The van der Waals surface area contributed by atoms with Crippen LogP contribution in [-0.2, 0) is 29.0 Å². The molecule has 4 nitrogen and oxygen atoms in total. The van der Waals surface area contributed by atoms with Crippen LogP contribution in [0.2, 0.25) is 5.02 Å². The van der Waals surface area contributed by atoms with Crippen molar-refractivity contribution in [1.29, 1.82) is 0 Å². The first kappa shape index (κ1) is 27.4. The smallest absolute Gasteiger partial charge is 0.243 e. The second kappa shape index (κ2) is 13.8. The van der Waals surface area contributed by atoms with Crippen molar-refractivity contribution in [1.82, 2.24) is 10.2 Å². The van der Waals surface area contributed by atoms with Gasteiger partial charge < -0.3 is 10.2 Å². The first-order chi connectivity index (χ1) is 18.6. The molecular weight excluding hydrogens is 492 g/mol. The third kappa shape index (κ3) is 7.23. The summed E-state index contributed by atoms with van der Waals surface area (Å²) in [7, 11) is 0. The highest BCUT2D eigenvalue weighted by atomic mass is 35.5. The molecule has 0 aliphatic carbocycles. The van der Waals surface area contributed by atoms with Gasteiger partial charge in [-0.2, -0.15) is 0 Å². The van der Waals surface area contributed by atoms with Gasteiger partial charge >= 0.3 is 0 Å². The summed E-state index contributed by atoms with van der Waals surface area (Å²) >= 11 is 6.52. The average Bonchev–Trinajstić information content (AvgIpc) is 2.95. The van der Waals surface area contributed by atoms with Gasteiger partial charge in [-0.15, -0.1) is 0 Å². The highest BCUT2D eigenvalue weighted by molar-refractivity contribution is 6.31. The molecule has 0 saturated heterocycles. The maximum absolute atomic E-state index is 13.9. The van der Waals surface area contributed by atoms with Crippen LogP contribution in [0.5, 0.6) is 0 Å². The summed E-state index contributed by atoms with van der Waals surface area (Å²) in [5, 5.41) is 5.97. The first-order valence-electron chi connectivity index (χ1n) is 13.4. The first-order valence-corrected chi connectivity index (χ1v) is 13.8. The molecule has 38 heavy (non-hydrogen) atoms. The van der Waals surface area contributed by atoms with Crippen LogP contribution in [0, 0.1) is 0 Å². The summed E-state index contributed by atoms with van der Waals surface area (Å²) in [5.74, 6) is -0.197. The Morgan fingerprint density at radius 1 is 0.842 bits per heavy atom. The Morgan fingerprint density at radius 3 is 2.32 bits per heavy atom. The molecule has 0 heterocycles. The third-order valence-corrected chi connectivity index (χ3v) is 7.26. The van der Waals surface area contributed by atoms with E-state index in [1.807, 2.05) is 72.8 Å². The van der Waals surface area contributed by atoms with E-state index in [2.05, 4.69) is 36.5 Å². The van der Waals surface area contributed by atoms with Gasteiger partial charge in [0.1, 0.15) is 6.04 Å². The molecule has 0 aliphatic rings. The number of carbonyl (C=O) groups is 2. The molecule has 196 valence electrons. The van der Waals surface area contributed by atoms with Crippen molar-refractivity contribution in [2.24, 2.45) is 0 Å². The van der Waals surface area contributed by atoms with E-state index in [1.165, 1.54) is 0 Å². The summed E-state index contributed by atoms with van der Waals surface area (Å²) in [6, 6.07) is 31.2. The van der Waals surface area contributed by atoms with Crippen LogP contribution in [0.15, 0.2) is 97.1 Å². The highest BCUT2D eigenvalue weighted by Crippen LogP contribution is 2.23. The number of unbranched alkanes of at least 4 members (excludes halogenated alkanes) is 1. The number of hydrogen-bond acceptors (Lipinski definition) is 2. The van der Waals surface area contributed by atoms with Crippen LogP contribution in [0.3, 0.4) is 0 Å². The van der Waals surface area contributed by atoms with Crippen LogP contribution >= 0.6 is 11.6 Å². The van der Waals surface area contributed by atoms with E-state index in [1.54, 1.807) is 4.90 Å². The van der Waals surface area contributed by atoms with Crippen molar-refractivity contribution in [3.05, 3.63) is 119 Å². The van der Waals surface area contributed by atoms with Gasteiger partial charge in [-0.3, -0.25) is 9.59 Å². The monoisotopic (exact) mass is 526 g/mol. The van der Waals surface area contributed by atoms with Gasteiger partial charge in [-0.05, 0) is 46.4 Å². The second-order valence-electron chi connectivity index (χ2n) is 9.60. The lowest BCUT2D eigenvalue weighted by molar-refractivity contribution is -0.141. The third-order valence-electron chi connectivity index (χ3n) is 6.89. The highest BCUT2D eigenvalue weighted by Gasteiger charge is 2.30. The summed E-state index contributed by atoms with van der Waals surface area (Å²) in [4.78, 5) is 29.2. The molecule has 4 aromatic rings. The predicted molar refractivity (Wildman–Crippen MR) is 156 cm³/mol. The van der Waals surface area contributed by atoms with E-state index in [-0.39, 0.29) is 18.4 Å². The minimum atomic E-state index is -0.648. The van der Waals surface area contributed by atoms with E-state index in [0.29, 0.717) is 30.8 Å². The Kier molecular flexibility index (Phi) is 9.94. The van der Waals surface area contributed by atoms with Crippen LogP contribution in [0.1, 0.15) is 42.9 Å². The molecule has 5 heteroatoms. The zero-order valence-electron chi connectivity index (χ0n) is 21.9. The molecule has 1 unspecified atom stereocenters. The van der Waals surface area contributed by atoms with E-state index >= 15 is 0 Å². The van der Waals surface area contributed by atoms with E-state index in [4.69, 9.17) is 11.6 Å². The quantitative estimate of drug-likeness (QED) is 0.202. The van der Waals surface area contributed by atoms with Gasteiger partial charge in [-0.25, -0.2) is 0 Å². The normalized spacial score (nSPS) is 11.7. The standard InChI is InChI=1S/C33H35ClN2O2/c1-2-3-22-35-33(38)31(23-25-12-5-4-6-13-25)36(24-28-15-8-10-19-30(28)34)32(37)21-20-27-17-11-16-26-14-7-9-18-29(26)27/h4-19,31H,2-3,20-24H2,1H3,(H,35,38). The number of benzene rings is 4. The molecule has 0 aromatic heterocycles. The van der Waals surface area contributed by atoms with Crippen molar-refractivity contribution in [3.8, 4) is 0 Å². The molecule has 0 radical (unpaired) electrons.